The monoisotopic (exact) mass is 259 g/mol. The number of hydrogen-bond donors (Lipinski definition) is 2. The van der Waals surface area contributed by atoms with E-state index in [-0.39, 0.29) is 18.4 Å². The Hall–Kier alpha value is -1.14. The van der Waals surface area contributed by atoms with Crippen molar-refractivity contribution in [2.24, 2.45) is 0 Å². The number of nitrogens with one attached hydrogen (secondary N) is 1. The number of carbonyl (C=O) groups is 2. The number of hydrogen-bond acceptors (Lipinski definition) is 4. The van der Waals surface area contributed by atoms with Gasteiger partial charge in [0.05, 0.1) is 6.61 Å². The summed E-state index contributed by atoms with van der Waals surface area (Å²) in [4.78, 5) is 21.7. The highest BCUT2D eigenvalue weighted by molar-refractivity contribution is 5.75. The molecule has 1 amide bonds. The fourth-order valence-corrected chi connectivity index (χ4v) is 1.74. The first kappa shape index (κ1) is 14.9. The molecule has 1 fully saturated rings. The zero-order valence-corrected chi connectivity index (χ0v) is 10.9. The van der Waals surface area contributed by atoms with E-state index < -0.39 is 11.8 Å². The third kappa shape index (κ3) is 5.97. The van der Waals surface area contributed by atoms with Crippen molar-refractivity contribution in [1.29, 1.82) is 0 Å². The third-order valence-electron chi connectivity index (χ3n) is 2.64. The van der Waals surface area contributed by atoms with Crippen LogP contribution in [0.25, 0.3) is 0 Å². The Balaban J connectivity index is 2.05. The van der Waals surface area contributed by atoms with E-state index in [1.165, 1.54) is 0 Å². The van der Waals surface area contributed by atoms with E-state index in [2.05, 4.69) is 5.32 Å². The topological polar surface area (TPSA) is 84.9 Å². The van der Waals surface area contributed by atoms with Crippen molar-refractivity contribution in [3.05, 3.63) is 0 Å². The predicted octanol–water partition coefficient (Wildman–Crippen LogP) is 0.899. The summed E-state index contributed by atoms with van der Waals surface area (Å²) in [5.74, 6) is -1.47. The molecule has 1 saturated heterocycles. The molecular weight excluding hydrogens is 238 g/mol. The third-order valence-corrected chi connectivity index (χ3v) is 2.64. The lowest BCUT2D eigenvalue weighted by Gasteiger charge is -2.17. The van der Waals surface area contributed by atoms with E-state index in [0.717, 1.165) is 0 Å². The number of carbonyl (C=O) groups excluding carboxylic acids is 1. The molecule has 104 valence electrons. The van der Waals surface area contributed by atoms with Crippen LogP contribution in [0.15, 0.2) is 0 Å². The van der Waals surface area contributed by atoms with Crippen LogP contribution in [0.4, 0.5) is 0 Å². The summed E-state index contributed by atoms with van der Waals surface area (Å²) in [6.07, 6.45) is 1.47. The maximum atomic E-state index is 11.5. The van der Waals surface area contributed by atoms with Crippen LogP contribution in [0, 0.1) is 0 Å². The average molecular weight is 259 g/mol. The summed E-state index contributed by atoms with van der Waals surface area (Å²) in [6.45, 7) is 4.58. The fourth-order valence-electron chi connectivity index (χ4n) is 1.74. The van der Waals surface area contributed by atoms with E-state index >= 15 is 0 Å². The van der Waals surface area contributed by atoms with Crippen molar-refractivity contribution in [1.82, 2.24) is 5.32 Å². The number of aliphatic carboxylic acids is 1. The molecule has 18 heavy (non-hydrogen) atoms. The lowest BCUT2D eigenvalue weighted by molar-refractivity contribution is -0.139. The first-order valence-electron chi connectivity index (χ1n) is 6.19. The molecule has 1 unspecified atom stereocenters. The second-order valence-corrected chi connectivity index (χ2v) is 4.86. The lowest BCUT2D eigenvalue weighted by atomic mass is 10.2. The highest BCUT2D eigenvalue weighted by atomic mass is 16.7. The summed E-state index contributed by atoms with van der Waals surface area (Å²) in [5.41, 5.74) is 0. The average Bonchev–Trinajstić information content (AvgIpc) is 2.61. The first-order chi connectivity index (χ1) is 8.39. The Morgan fingerprint density at radius 3 is 2.56 bits per heavy atom. The molecule has 6 nitrogen and oxygen atoms in total. The minimum atomic E-state index is -0.825. The van der Waals surface area contributed by atoms with Crippen LogP contribution in [-0.4, -0.2) is 42.0 Å². The summed E-state index contributed by atoms with van der Waals surface area (Å²) in [6, 6.07) is 0. The van der Waals surface area contributed by atoms with E-state index in [1.807, 2.05) is 13.8 Å². The van der Waals surface area contributed by atoms with Crippen LogP contribution >= 0.6 is 0 Å². The summed E-state index contributed by atoms with van der Waals surface area (Å²) < 4.78 is 10.9. The molecule has 1 aliphatic rings. The van der Waals surface area contributed by atoms with Gasteiger partial charge < -0.3 is 19.9 Å². The van der Waals surface area contributed by atoms with Crippen LogP contribution in [0.5, 0.6) is 0 Å². The Bertz CT molecular complexity index is 303. The molecule has 0 aromatic heterocycles. The van der Waals surface area contributed by atoms with E-state index in [1.54, 1.807) is 0 Å². The van der Waals surface area contributed by atoms with Gasteiger partial charge in [-0.3, -0.25) is 9.59 Å². The molecule has 0 bridgehead atoms. The zero-order chi connectivity index (χ0) is 13.6. The maximum Gasteiger partial charge on any atom is 0.303 e. The van der Waals surface area contributed by atoms with Crippen molar-refractivity contribution in [3.8, 4) is 0 Å². The normalized spacial score (nSPS) is 21.8. The van der Waals surface area contributed by atoms with Gasteiger partial charge in [0.15, 0.2) is 5.79 Å². The second kappa shape index (κ2) is 6.70. The summed E-state index contributed by atoms with van der Waals surface area (Å²) in [5, 5.41) is 11.2. The van der Waals surface area contributed by atoms with Gasteiger partial charge in [0, 0.05) is 19.4 Å². The molecule has 1 rings (SSSR count). The highest BCUT2D eigenvalue weighted by Crippen LogP contribution is 2.21. The molecule has 0 aliphatic carbocycles. The molecule has 1 heterocycles. The number of carboxylic acid groups (broad SMARTS) is 1. The molecule has 2 N–H and O–H groups in total. The van der Waals surface area contributed by atoms with Gasteiger partial charge in [-0.05, 0) is 26.7 Å². The Kier molecular flexibility index (Phi) is 5.55. The van der Waals surface area contributed by atoms with Crippen molar-refractivity contribution in [2.75, 3.05) is 13.2 Å². The molecule has 0 radical (unpaired) electrons. The molecular formula is C12H21NO5. The molecule has 0 aromatic carbocycles. The standard InChI is InChI=1S/C12H21NO5/c1-12(2)17-8-9(18-12)7-13-10(14)5-3-4-6-11(15)16/h9H,3-8H2,1-2H3,(H,13,14)(H,15,16). The Morgan fingerprint density at radius 2 is 2.00 bits per heavy atom. The molecule has 0 aromatic rings. The van der Waals surface area contributed by atoms with Gasteiger partial charge in [-0.1, -0.05) is 0 Å². The van der Waals surface area contributed by atoms with Gasteiger partial charge in [-0.25, -0.2) is 0 Å². The number of amides is 1. The van der Waals surface area contributed by atoms with Gasteiger partial charge in [0.1, 0.15) is 6.10 Å². The van der Waals surface area contributed by atoms with E-state index in [0.29, 0.717) is 32.4 Å². The second-order valence-electron chi connectivity index (χ2n) is 4.86. The predicted molar refractivity (Wildman–Crippen MR) is 64.0 cm³/mol. The SMILES string of the molecule is CC1(C)OCC(CNC(=O)CCCCC(=O)O)O1. The van der Waals surface area contributed by atoms with Crippen LogP contribution in [0.3, 0.4) is 0 Å². The highest BCUT2D eigenvalue weighted by Gasteiger charge is 2.32. The largest absolute Gasteiger partial charge is 0.481 e. The van der Waals surface area contributed by atoms with Crippen LogP contribution in [0.1, 0.15) is 39.5 Å². The van der Waals surface area contributed by atoms with Gasteiger partial charge >= 0.3 is 5.97 Å². The fraction of sp³-hybridized carbons (Fsp3) is 0.833. The Labute approximate surface area is 107 Å². The van der Waals surface area contributed by atoms with Crippen LogP contribution in [0.2, 0.25) is 0 Å². The van der Waals surface area contributed by atoms with Crippen LogP contribution < -0.4 is 5.32 Å². The van der Waals surface area contributed by atoms with Gasteiger partial charge in [-0.2, -0.15) is 0 Å². The van der Waals surface area contributed by atoms with Crippen molar-refractivity contribution in [2.45, 2.75) is 51.4 Å². The Morgan fingerprint density at radius 1 is 1.33 bits per heavy atom. The smallest absolute Gasteiger partial charge is 0.303 e. The number of ether oxygens (including phenoxy) is 2. The van der Waals surface area contributed by atoms with Crippen molar-refractivity contribution in [3.63, 3.8) is 0 Å². The summed E-state index contributed by atoms with van der Waals surface area (Å²) >= 11 is 0. The lowest BCUT2D eigenvalue weighted by Crippen LogP contribution is -2.34. The van der Waals surface area contributed by atoms with Crippen LogP contribution in [-0.2, 0) is 19.1 Å². The van der Waals surface area contributed by atoms with Crippen molar-refractivity contribution < 1.29 is 24.2 Å². The quantitative estimate of drug-likeness (QED) is 0.663. The zero-order valence-electron chi connectivity index (χ0n) is 10.9. The summed E-state index contributed by atoms with van der Waals surface area (Å²) in [7, 11) is 0. The van der Waals surface area contributed by atoms with E-state index in [4.69, 9.17) is 14.6 Å². The molecule has 0 saturated carbocycles. The van der Waals surface area contributed by atoms with Crippen molar-refractivity contribution >= 4 is 11.9 Å². The number of rotatable bonds is 7. The molecule has 0 spiro atoms. The van der Waals surface area contributed by atoms with Gasteiger partial charge in [0.2, 0.25) is 5.91 Å². The molecule has 1 atom stereocenters. The number of carboxylic acids is 1. The minimum absolute atomic E-state index is 0.0753. The minimum Gasteiger partial charge on any atom is -0.481 e. The first-order valence-corrected chi connectivity index (χ1v) is 6.19. The maximum absolute atomic E-state index is 11.5. The van der Waals surface area contributed by atoms with Gasteiger partial charge in [-0.15, -0.1) is 0 Å². The van der Waals surface area contributed by atoms with Gasteiger partial charge in [0.25, 0.3) is 0 Å². The van der Waals surface area contributed by atoms with E-state index in [9.17, 15) is 9.59 Å². The number of unbranched alkanes of at least 4 members (excludes halogenated alkanes) is 1. The molecule has 1 aliphatic heterocycles. The molecule has 6 heteroatoms.